The normalized spacial score (nSPS) is 15.6. The Balaban J connectivity index is 3.17. The van der Waals surface area contributed by atoms with Gasteiger partial charge in [0.1, 0.15) is 0 Å². The van der Waals surface area contributed by atoms with Crippen LogP contribution in [0.2, 0.25) is 0 Å². The fraction of sp³-hybridized carbons (Fsp3) is 0.562. The van der Waals surface area contributed by atoms with Crippen LogP contribution in [0.3, 0.4) is 0 Å². The lowest BCUT2D eigenvalue weighted by Crippen LogP contribution is -2.45. The zero-order valence-corrected chi connectivity index (χ0v) is 12.4. The van der Waals surface area contributed by atoms with Crippen molar-refractivity contribution in [2.75, 3.05) is 7.11 Å². The molecule has 3 heteroatoms. The molecule has 0 saturated carbocycles. The molecule has 1 aromatic carbocycles. The molecule has 1 rings (SSSR count). The van der Waals surface area contributed by atoms with E-state index in [-0.39, 0.29) is 17.4 Å². The van der Waals surface area contributed by atoms with E-state index in [4.69, 9.17) is 10.5 Å². The standard InChI is InChI=1S/C16H25NO2/c1-5-13-7-9-14(10-8-13)16(6-2,12(3)17)11-15(18)19-4/h7-10,12H,5-6,11,17H2,1-4H3. The van der Waals surface area contributed by atoms with E-state index in [0.717, 1.165) is 18.4 Å². The summed E-state index contributed by atoms with van der Waals surface area (Å²) in [5.74, 6) is -0.210. The van der Waals surface area contributed by atoms with E-state index in [2.05, 4.69) is 38.1 Å². The Kier molecular flexibility index (Phi) is 5.55. The molecule has 0 heterocycles. The van der Waals surface area contributed by atoms with E-state index in [0.29, 0.717) is 6.42 Å². The minimum Gasteiger partial charge on any atom is -0.469 e. The number of aryl methyl sites for hydroxylation is 1. The van der Waals surface area contributed by atoms with Crippen LogP contribution in [0.5, 0.6) is 0 Å². The molecule has 0 aliphatic carbocycles. The Labute approximate surface area is 116 Å². The molecule has 0 saturated heterocycles. The summed E-state index contributed by atoms with van der Waals surface area (Å²) in [4.78, 5) is 11.7. The van der Waals surface area contributed by atoms with Gasteiger partial charge in [0, 0.05) is 11.5 Å². The van der Waals surface area contributed by atoms with Crippen molar-refractivity contribution in [1.82, 2.24) is 0 Å². The molecule has 0 aliphatic rings. The smallest absolute Gasteiger partial charge is 0.306 e. The summed E-state index contributed by atoms with van der Waals surface area (Å²) >= 11 is 0. The van der Waals surface area contributed by atoms with Crippen LogP contribution in [-0.4, -0.2) is 19.1 Å². The maximum Gasteiger partial charge on any atom is 0.306 e. The summed E-state index contributed by atoms with van der Waals surface area (Å²) in [5, 5.41) is 0. The number of esters is 1. The summed E-state index contributed by atoms with van der Waals surface area (Å²) in [6.45, 7) is 6.16. The summed E-state index contributed by atoms with van der Waals surface area (Å²) in [7, 11) is 1.42. The zero-order valence-electron chi connectivity index (χ0n) is 12.4. The number of methoxy groups -OCH3 is 1. The van der Waals surface area contributed by atoms with Crippen molar-refractivity contribution >= 4 is 5.97 Å². The number of carbonyl (C=O) groups is 1. The third kappa shape index (κ3) is 3.35. The van der Waals surface area contributed by atoms with Crippen molar-refractivity contribution in [1.29, 1.82) is 0 Å². The highest BCUT2D eigenvalue weighted by molar-refractivity contribution is 5.71. The molecule has 0 radical (unpaired) electrons. The first-order valence-corrected chi connectivity index (χ1v) is 6.92. The molecule has 0 aliphatic heterocycles. The molecule has 0 bridgehead atoms. The number of carbonyl (C=O) groups excluding carboxylic acids is 1. The van der Waals surface area contributed by atoms with Gasteiger partial charge < -0.3 is 10.5 Å². The highest BCUT2D eigenvalue weighted by atomic mass is 16.5. The fourth-order valence-corrected chi connectivity index (χ4v) is 2.58. The number of ether oxygens (including phenoxy) is 1. The average molecular weight is 263 g/mol. The van der Waals surface area contributed by atoms with Gasteiger partial charge in [-0.1, -0.05) is 38.1 Å². The van der Waals surface area contributed by atoms with Crippen molar-refractivity contribution < 1.29 is 9.53 Å². The molecule has 106 valence electrons. The summed E-state index contributed by atoms with van der Waals surface area (Å²) < 4.78 is 4.83. The second-order valence-corrected chi connectivity index (χ2v) is 5.10. The van der Waals surface area contributed by atoms with Crippen molar-refractivity contribution in [2.24, 2.45) is 5.73 Å². The SMILES string of the molecule is CCc1ccc(C(CC)(CC(=O)OC)C(C)N)cc1. The van der Waals surface area contributed by atoms with Crippen LogP contribution < -0.4 is 5.73 Å². The Hall–Kier alpha value is -1.35. The highest BCUT2D eigenvalue weighted by Crippen LogP contribution is 2.35. The van der Waals surface area contributed by atoms with E-state index >= 15 is 0 Å². The zero-order chi connectivity index (χ0) is 14.5. The molecule has 2 atom stereocenters. The lowest BCUT2D eigenvalue weighted by Gasteiger charge is -2.36. The molecule has 0 fully saturated rings. The molecule has 2 unspecified atom stereocenters. The predicted molar refractivity (Wildman–Crippen MR) is 78.1 cm³/mol. The molecule has 19 heavy (non-hydrogen) atoms. The Morgan fingerprint density at radius 1 is 1.32 bits per heavy atom. The molecule has 3 nitrogen and oxygen atoms in total. The van der Waals surface area contributed by atoms with E-state index in [1.165, 1.54) is 12.7 Å². The fourth-order valence-electron chi connectivity index (χ4n) is 2.58. The first kappa shape index (κ1) is 15.7. The Morgan fingerprint density at radius 2 is 1.89 bits per heavy atom. The topological polar surface area (TPSA) is 52.3 Å². The molecule has 0 spiro atoms. The molecule has 1 aromatic rings. The van der Waals surface area contributed by atoms with Crippen LogP contribution in [0.1, 0.15) is 44.7 Å². The van der Waals surface area contributed by atoms with Crippen LogP contribution in [0.4, 0.5) is 0 Å². The van der Waals surface area contributed by atoms with Crippen LogP contribution in [0.25, 0.3) is 0 Å². The van der Waals surface area contributed by atoms with E-state index in [1.807, 2.05) is 6.92 Å². The molecule has 2 N–H and O–H groups in total. The van der Waals surface area contributed by atoms with Crippen LogP contribution in [0, 0.1) is 0 Å². The largest absolute Gasteiger partial charge is 0.469 e. The maximum atomic E-state index is 11.7. The summed E-state index contributed by atoms with van der Waals surface area (Å²) in [6.07, 6.45) is 2.14. The van der Waals surface area contributed by atoms with E-state index in [9.17, 15) is 4.79 Å². The van der Waals surface area contributed by atoms with Crippen molar-refractivity contribution in [2.45, 2.75) is 51.5 Å². The number of hydrogen-bond acceptors (Lipinski definition) is 3. The monoisotopic (exact) mass is 263 g/mol. The highest BCUT2D eigenvalue weighted by Gasteiger charge is 2.37. The molecule has 0 aromatic heterocycles. The Morgan fingerprint density at radius 3 is 2.26 bits per heavy atom. The van der Waals surface area contributed by atoms with E-state index in [1.54, 1.807) is 0 Å². The first-order valence-electron chi connectivity index (χ1n) is 6.92. The van der Waals surface area contributed by atoms with Crippen molar-refractivity contribution in [3.8, 4) is 0 Å². The minimum absolute atomic E-state index is 0.107. The van der Waals surface area contributed by atoms with Gasteiger partial charge in [0.25, 0.3) is 0 Å². The first-order chi connectivity index (χ1) is 9.00. The van der Waals surface area contributed by atoms with Gasteiger partial charge in [-0.05, 0) is 30.9 Å². The van der Waals surface area contributed by atoms with Gasteiger partial charge in [0.2, 0.25) is 0 Å². The van der Waals surface area contributed by atoms with Gasteiger partial charge in [-0.2, -0.15) is 0 Å². The number of hydrogen-bond donors (Lipinski definition) is 1. The van der Waals surface area contributed by atoms with Gasteiger partial charge in [-0.15, -0.1) is 0 Å². The third-order valence-electron chi connectivity index (χ3n) is 4.13. The van der Waals surface area contributed by atoms with Crippen LogP contribution in [-0.2, 0) is 21.4 Å². The second kappa shape index (κ2) is 6.71. The number of nitrogens with two attached hydrogens (primary N) is 1. The summed E-state index contributed by atoms with van der Waals surface area (Å²) in [6, 6.07) is 8.30. The lowest BCUT2D eigenvalue weighted by atomic mass is 9.70. The van der Waals surface area contributed by atoms with Gasteiger partial charge in [-0.25, -0.2) is 0 Å². The van der Waals surface area contributed by atoms with Gasteiger partial charge >= 0.3 is 5.97 Å². The minimum atomic E-state index is -0.348. The summed E-state index contributed by atoms with van der Waals surface area (Å²) in [5.41, 5.74) is 8.24. The van der Waals surface area contributed by atoms with Gasteiger partial charge in [0.15, 0.2) is 0 Å². The molecular weight excluding hydrogens is 238 g/mol. The van der Waals surface area contributed by atoms with E-state index < -0.39 is 0 Å². The molecule has 0 amide bonds. The van der Waals surface area contributed by atoms with Crippen LogP contribution >= 0.6 is 0 Å². The number of benzene rings is 1. The second-order valence-electron chi connectivity index (χ2n) is 5.10. The average Bonchev–Trinajstić information content (AvgIpc) is 2.44. The van der Waals surface area contributed by atoms with Crippen molar-refractivity contribution in [3.63, 3.8) is 0 Å². The third-order valence-corrected chi connectivity index (χ3v) is 4.13. The Bertz CT molecular complexity index is 411. The van der Waals surface area contributed by atoms with Gasteiger partial charge in [-0.3, -0.25) is 4.79 Å². The predicted octanol–water partition coefficient (Wildman–Crippen LogP) is 2.81. The van der Waals surface area contributed by atoms with Crippen LogP contribution in [0.15, 0.2) is 24.3 Å². The maximum absolute atomic E-state index is 11.7. The lowest BCUT2D eigenvalue weighted by molar-refractivity contribution is -0.142. The van der Waals surface area contributed by atoms with Gasteiger partial charge in [0.05, 0.1) is 13.5 Å². The molecular formula is C16H25NO2. The number of rotatable bonds is 6. The van der Waals surface area contributed by atoms with Crippen molar-refractivity contribution in [3.05, 3.63) is 35.4 Å². The quantitative estimate of drug-likeness (QED) is 0.803.